The maximum absolute atomic E-state index is 6.02. The Morgan fingerprint density at radius 2 is 1.25 bits per heavy atom. The quantitative estimate of drug-likeness (QED) is 0.658. The van der Waals surface area contributed by atoms with E-state index in [1.54, 1.807) is 6.92 Å². The van der Waals surface area contributed by atoms with Crippen LogP contribution in [0.15, 0.2) is 54.6 Å². The second kappa shape index (κ2) is 4.48. The zero-order valence-electron chi connectivity index (χ0n) is 8.95. The molecule has 0 amide bonds. The smallest absolute Gasteiger partial charge is 0.0966 e. The van der Waals surface area contributed by atoms with Gasteiger partial charge in [-0.1, -0.05) is 77.8 Å². The lowest BCUT2D eigenvalue weighted by atomic mass is 10.0. The summed E-state index contributed by atoms with van der Waals surface area (Å²) < 4.78 is -0.824. The maximum atomic E-state index is 6.02. The minimum Gasteiger partial charge on any atom is -0.0966 e. The molecule has 0 bridgehead atoms. The van der Waals surface area contributed by atoms with Crippen molar-refractivity contribution >= 4 is 23.2 Å². The Kier molecular flexibility index (Phi) is 3.22. The molecule has 2 aromatic carbocycles. The van der Waals surface area contributed by atoms with Crippen molar-refractivity contribution in [2.24, 2.45) is 0 Å². The summed E-state index contributed by atoms with van der Waals surface area (Å²) in [5, 5.41) is 0. The van der Waals surface area contributed by atoms with Gasteiger partial charge in [-0.3, -0.25) is 0 Å². The van der Waals surface area contributed by atoms with Crippen LogP contribution in [0.1, 0.15) is 12.5 Å². The molecular formula is C14H12Cl2. The third kappa shape index (κ3) is 2.58. The first kappa shape index (κ1) is 11.5. The molecule has 2 rings (SSSR count). The predicted octanol–water partition coefficient (Wildman–Crippen LogP) is 5.00. The molecule has 0 aliphatic heterocycles. The highest BCUT2D eigenvalue weighted by molar-refractivity contribution is 6.47. The van der Waals surface area contributed by atoms with E-state index in [4.69, 9.17) is 23.2 Å². The van der Waals surface area contributed by atoms with E-state index < -0.39 is 4.33 Å². The highest BCUT2D eigenvalue weighted by atomic mass is 35.5. The summed E-state index contributed by atoms with van der Waals surface area (Å²) in [6, 6.07) is 18.2. The summed E-state index contributed by atoms with van der Waals surface area (Å²) in [7, 11) is 0. The van der Waals surface area contributed by atoms with Gasteiger partial charge >= 0.3 is 0 Å². The number of hydrogen-bond donors (Lipinski definition) is 0. The number of rotatable bonds is 2. The van der Waals surface area contributed by atoms with E-state index in [0.717, 1.165) is 5.56 Å². The molecular weight excluding hydrogens is 239 g/mol. The maximum Gasteiger partial charge on any atom is 0.140 e. The van der Waals surface area contributed by atoms with Gasteiger partial charge in [0.1, 0.15) is 4.33 Å². The first-order chi connectivity index (χ1) is 7.57. The summed E-state index contributed by atoms with van der Waals surface area (Å²) in [6.45, 7) is 1.77. The van der Waals surface area contributed by atoms with Crippen molar-refractivity contribution in [3.63, 3.8) is 0 Å². The van der Waals surface area contributed by atoms with E-state index >= 15 is 0 Å². The Bertz CT molecular complexity index is 452. The zero-order chi connectivity index (χ0) is 11.6. The molecule has 0 heterocycles. The van der Waals surface area contributed by atoms with Crippen LogP contribution < -0.4 is 0 Å². The molecule has 0 radical (unpaired) electrons. The molecule has 0 unspecified atom stereocenters. The van der Waals surface area contributed by atoms with Gasteiger partial charge in [-0.2, -0.15) is 0 Å². The van der Waals surface area contributed by atoms with Crippen molar-refractivity contribution < 1.29 is 0 Å². The highest BCUT2D eigenvalue weighted by Crippen LogP contribution is 2.33. The second-order valence-electron chi connectivity index (χ2n) is 3.83. The van der Waals surface area contributed by atoms with Gasteiger partial charge in [0, 0.05) is 0 Å². The van der Waals surface area contributed by atoms with Crippen molar-refractivity contribution in [2.45, 2.75) is 11.3 Å². The summed E-state index contributed by atoms with van der Waals surface area (Å²) >= 11 is 12.0. The lowest BCUT2D eigenvalue weighted by molar-refractivity contribution is 0.977. The molecule has 0 saturated carbocycles. The molecule has 82 valence electrons. The van der Waals surface area contributed by atoms with Crippen molar-refractivity contribution in [1.29, 1.82) is 0 Å². The fourth-order valence-corrected chi connectivity index (χ4v) is 1.84. The minimum atomic E-state index is -0.824. The standard InChI is InChI=1S/C14H12Cl2/c1-14(15,16)13-9-7-12(8-10-13)11-5-3-2-4-6-11/h2-10H,1H3. The van der Waals surface area contributed by atoms with E-state index in [2.05, 4.69) is 12.1 Å². The van der Waals surface area contributed by atoms with Crippen LogP contribution in [0.4, 0.5) is 0 Å². The molecule has 2 heteroatoms. The van der Waals surface area contributed by atoms with Gasteiger partial charge in [0.2, 0.25) is 0 Å². The number of hydrogen-bond acceptors (Lipinski definition) is 0. The summed E-state index contributed by atoms with van der Waals surface area (Å²) in [4.78, 5) is 0. The SMILES string of the molecule is CC(Cl)(Cl)c1ccc(-c2ccccc2)cc1. The van der Waals surface area contributed by atoms with Crippen LogP contribution in [0.2, 0.25) is 0 Å². The number of halogens is 2. The Hall–Kier alpha value is -0.980. The summed E-state index contributed by atoms with van der Waals surface area (Å²) in [5.41, 5.74) is 3.28. The summed E-state index contributed by atoms with van der Waals surface area (Å²) in [6.07, 6.45) is 0. The molecule has 0 nitrogen and oxygen atoms in total. The largest absolute Gasteiger partial charge is 0.140 e. The normalized spacial score (nSPS) is 11.4. The number of alkyl halides is 2. The van der Waals surface area contributed by atoms with E-state index in [9.17, 15) is 0 Å². The minimum absolute atomic E-state index is 0.824. The average Bonchev–Trinajstić information content (AvgIpc) is 2.29. The predicted molar refractivity (Wildman–Crippen MR) is 70.9 cm³/mol. The van der Waals surface area contributed by atoms with E-state index in [1.807, 2.05) is 42.5 Å². The van der Waals surface area contributed by atoms with Gasteiger partial charge in [0.05, 0.1) is 0 Å². The van der Waals surface area contributed by atoms with Crippen LogP contribution in [0.3, 0.4) is 0 Å². The van der Waals surface area contributed by atoms with Gasteiger partial charge in [0.25, 0.3) is 0 Å². The van der Waals surface area contributed by atoms with Crippen molar-refractivity contribution in [3.8, 4) is 11.1 Å². The van der Waals surface area contributed by atoms with Crippen LogP contribution >= 0.6 is 23.2 Å². The topological polar surface area (TPSA) is 0 Å². The van der Waals surface area contributed by atoms with Crippen LogP contribution in [-0.4, -0.2) is 0 Å². The van der Waals surface area contributed by atoms with Gasteiger partial charge in [-0.05, 0) is 23.6 Å². The molecule has 0 N–H and O–H groups in total. The van der Waals surface area contributed by atoms with Crippen molar-refractivity contribution in [3.05, 3.63) is 60.2 Å². The monoisotopic (exact) mass is 250 g/mol. The molecule has 0 saturated heterocycles. The first-order valence-corrected chi connectivity index (χ1v) is 5.87. The lowest BCUT2D eigenvalue weighted by Crippen LogP contribution is -2.02. The van der Waals surface area contributed by atoms with E-state index in [1.165, 1.54) is 11.1 Å². The van der Waals surface area contributed by atoms with Gasteiger partial charge in [-0.15, -0.1) is 0 Å². The molecule has 0 aliphatic carbocycles. The zero-order valence-corrected chi connectivity index (χ0v) is 10.5. The van der Waals surface area contributed by atoms with Crippen LogP contribution in [0, 0.1) is 0 Å². The number of benzene rings is 2. The first-order valence-electron chi connectivity index (χ1n) is 5.11. The fraction of sp³-hybridized carbons (Fsp3) is 0.143. The van der Waals surface area contributed by atoms with Crippen LogP contribution in [0.25, 0.3) is 11.1 Å². The van der Waals surface area contributed by atoms with Crippen LogP contribution in [0.5, 0.6) is 0 Å². The van der Waals surface area contributed by atoms with E-state index in [0.29, 0.717) is 0 Å². The van der Waals surface area contributed by atoms with Gasteiger partial charge in [0.15, 0.2) is 0 Å². The van der Waals surface area contributed by atoms with Crippen molar-refractivity contribution in [1.82, 2.24) is 0 Å². The van der Waals surface area contributed by atoms with Gasteiger partial charge < -0.3 is 0 Å². The molecule has 0 spiro atoms. The van der Waals surface area contributed by atoms with Crippen molar-refractivity contribution in [2.75, 3.05) is 0 Å². The Balaban J connectivity index is 2.34. The third-order valence-electron chi connectivity index (χ3n) is 2.50. The lowest BCUT2D eigenvalue weighted by Gasteiger charge is -2.13. The third-order valence-corrected chi connectivity index (χ3v) is 2.94. The highest BCUT2D eigenvalue weighted by Gasteiger charge is 2.18. The Morgan fingerprint density at radius 1 is 0.750 bits per heavy atom. The Morgan fingerprint density at radius 3 is 1.75 bits per heavy atom. The summed E-state index contributed by atoms with van der Waals surface area (Å²) in [5.74, 6) is 0. The Labute approximate surface area is 106 Å². The second-order valence-corrected chi connectivity index (χ2v) is 5.54. The molecule has 0 aromatic heterocycles. The molecule has 16 heavy (non-hydrogen) atoms. The van der Waals surface area contributed by atoms with Crippen LogP contribution in [-0.2, 0) is 4.33 Å². The average molecular weight is 251 g/mol. The fourth-order valence-electron chi connectivity index (χ4n) is 1.59. The molecule has 0 fully saturated rings. The molecule has 0 atom stereocenters. The van der Waals surface area contributed by atoms with Gasteiger partial charge in [-0.25, -0.2) is 0 Å². The molecule has 2 aromatic rings. The van der Waals surface area contributed by atoms with E-state index in [-0.39, 0.29) is 0 Å². The molecule has 0 aliphatic rings.